The maximum atomic E-state index is 3.63. The Labute approximate surface area is 74.7 Å². The summed E-state index contributed by atoms with van der Waals surface area (Å²) in [6.07, 6.45) is 1.20. The van der Waals surface area contributed by atoms with E-state index in [2.05, 4.69) is 52.6 Å². The highest BCUT2D eigenvalue weighted by Crippen LogP contribution is 2.28. The first-order valence-electron chi connectivity index (χ1n) is 3.18. The predicted molar refractivity (Wildman–Crippen MR) is 50.6 cm³/mol. The van der Waals surface area contributed by atoms with E-state index in [1.165, 1.54) is 6.42 Å². The van der Waals surface area contributed by atoms with Gasteiger partial charge in [0.05, 0.1) is 0 Å². The lowest BCUT2D eigenvalue weighted by Crippen LogP contribution is -2.20. The molecule has 0 aliphatic heterocycles. The summed E-state index contributed by atoms with van der Waals surface area (Å²) in [5, 5.41) is 1.08. The molecule has 0 unspecified atom stereocenters. The van der Waals surface area contributed by atoms with Gasteiger partial charge in [-0.15, -0.1) is 0 Å². The molecule has 0 N–H and O–H groups in total. The van der Waals surface area contributed by atoms with Crippen LogP contribution in [0, 0.1) is 5.41 Å². The summed E-state index contributed by atoms with van der Waals surface area (Å²) in [5.41, 5.74) is 0.397. The molecule has 1 atom stereocenters. The maximum absolute atomic E-state index is 3.63. The largest absolute Gasteiger partial charge is 0.0928 e. The van der Waals surface area contributed by atoms with E-state index < -0.39 is 0 Å². The molecule has 0 aromatic heterocycles. The van der Waals surface area contributed by atoms with E-state index in [9.17, 15) is 0 Å². The van der Waals surface area contributed by atoms with Crippen molar-refractivity contribution >= 4 is 31.9 Å². The van der Waals surface area contributed by atoms with Gasteiger partial charge in [0.15, 0.2) is 0 Å². The van der Waals surface area contributed by atoms with Crippen molar-refractivity contribution in [2.75, 3.05) is 5.33 Å². The molecule has 0 saturated carbocycles. The number of hydrogen-bond acceptors (Lipinski definition) is 0. The zero-order valence-corrected chi connectivity index (χ0v) is 9.42. The first kappa shape index (κ1) is 9.96. The third-order valence-electron chi connectivity index (χ3n) is 1.30. The van der Waals surface area contributed by atoms with Crippen molar-refractivity contribution in [3.05, 3.63) is 0 Å². The van der Waals surface area contributed by atoms with Gasteiger partial charge in [-0.1, -0.05) is 52.6 Å². The molecule has 0 aliphatic rings. The normalized spacial score (nSPS) is 15.7. The van der Waals surface area contributed by atoms with E-state index in [0.717, 1.165) is 5.33 Å². The summed E-state index contributed by atoms with van der Waals surface area (Å²) < 4.78 is 0. The molecule has 0 aliphatic carbocycles. The summed E-state index contributed by atoms with van der Waals surface area (Å²) in [6.45, 7) is 6.74. The number of hydrogen-bond donors (Lipinski definition) is 0. The lowest BCUT2D eigenvalue weighted by Gasteiger charge is -2.24. The fourth-order valence-electron chi connectivity index (χ4n) is 0.529. The smallest absolute Gasteiger partial charge is 0.0202 e. The highest BCUT2D eigenvalue weighted by Gasteiger charge is 2.20. The van der Waals surface area contributed by atoms with Crippen molar-refractivity contribution in [3.63, 3.8) is 0 Å². The average molecular weight is 258 g/mol. The van der Waals surface area contributed by atoms with E-state index in [4.69, 9.17) is 0 Å². The summed E-state index contributed by atoms with van der Waals surface area (Å²) in [4.78, 5) is 0.629. The van der Waals surface area contributed by atoms with Crippen LogP contribution in [0.1, 0.15) is 27.2 Å². The molecule has 0 bridgehead atoms. The molecule has 0 saturated heterocycles. The van der Waals surface area contributed by atoms with Crippen LogP contribution in [0.5, 0.6) is 0 Å². The molecule has 0 aromatic carbocycles. The Morgan fingerprint density at radius 2 is 1.78 bits per heavy atom. The van der Waals surface area contributed by atoms with Gasteiger partial charge in [-0.05, 0) is 11.8 Å². The van der Waals surface area contributed by atoms with Gasteiger partial charge in [0.2, 0.25) is 0 Å². The van der Waals surface area contributed by atoms with Crippen LogP contribution in [0.15, 0.2) is 0 Å². The molecule has 0 aromatic rings. The highest BCUT2D eigenvalue weighted by atomic mass is 79.9. The van der Waals surface area contributed by atoms with Gasteiger partial charge in [-0.25, -0.2) is 0 Å². The molecular formula is C7H14Br2. The van der Waals surface area contributed by atoms with Crippen molar-refractivity contribution in [3.8, 4) is 0 Å². The summed E-state index contributed by atoms with van der Waals surface area (Å²) in [6, 6.07) is 0. The minimum Gasteiger partial charge on any atom is -0.0928 e. The quantitative estimate of drug-likeness (QED) is 0.664. The molecule has 0 nitrogen and oxygen atoms in total. The SMILES string of the molecule is CC(C)(C)[C@H](Br)CCBr. The van der Waals surface area contributed by atoms with Crippen LogP contribution in [0.3, 0.4) is 0 Å². The molecule has 0 spiro atoms. The molecule has 0 rings (SSSR count). The number of alkyl halides is 2. The Morgan fingerprint density at radius 1 is 1.33 bits per heavy atom. The Bertz CT molecular complexity index is 73.5. The van der Waals surface area contributed by atoms with Crippen LogP contribution in [0.25, 0.3) is 0 Å². The third-order valence-corrected chi connectivity index (χ3v) is 3.59. The van der Waals surface area contributed by atoms with E-state index in [1.54, 1.807) is 0 Å². The van der Waals surface area contributed by atoms with Gasteiger partial charge >= 0.3 is 0 Å². The molecule has 0 amide bonds. The fourth-order valence-corrected chi connectivity index (χ4v) is 1.83. The molecule has 9 heavy (non-hydrogen) atoms. The zero-order chi connectivity index (χ0) is 7.49. The zero-order valence-electron chi connectivity index (χ0n) is 6.25. The molecular weight excluding hydrogens is 244 g/mol. The Kier molecular flexibility index (Phi) is 4.39. The second-order valence-electron chi connectivity index (χ2n) is 3.31. The van der Waals surface area contributed by atoms with E-state index in [0.29, 0.717) is 10.2 Å². The van der Waals surface area contributed by atoms with Crippen molar-refractivity contribution in [2.24, 2.45) is 5.41 Å². The Morgan fingerprint density at radius 3 is 1.89 bits per heavy atom. The Balaban J connectivity index is 3.59. The average Bonchev–Trinajstić information content (AvgIpc) is 1.64. The second-order valence-corrected chi connectivity index (χ2v) is 5.21. The minimum absolute atomic E-state index is 0.397. The van der Waals surface area contributed by atoms with E-state index in [1.807, 2.05) is 0 Å². The monoisotopic (exact) mass is 256 g/mol. The van der Waals surface area contributed by atoms with Gasteiger partial charge in [0.25, 0.3) is 0 Å². The summed E-state index contributed by atoms with van der Waals surface area (Å²) >= 11 is 7.04. The first-order chi connectivity index (χ1) is 3.98. The van der Waals surface area contributed by atoms with Crippen molar-refractivity contribution < 1.29 is 0 Å². The molecule has 0 radical (unpaired) electrons. The maximum Gasteiger partial charge on any atom is 0.0202 e. The Hall–Kier alpha value is 0.960. The molecule has 56 valence electrons. The molecule has 2 heteroatoms. The van der Waals surface area contributed by atoms with Crippen molar-refractivity contribution in [1.82, 2.24) is 0 Å². The van der Waals surface area contributed by atoms with Crippen molar-refractivity contribution in [2.45, 2.75) is 32.0 Å². The van der Waals surface area contributed by atoms with Crippen LogP contribution in [-0.4, -0.2) is 10.2 Å². The van der Waals surface area contributed by atoms with Crippen LogP contribution in [0.4, 0.5) is 0 Å². The lowest BCUT2D eigenvalue weighted by atomic mass is 9.91. The summed E-state index contributed by atoms with van der Waals surface area (Å²) in [5.74, 6) is 0. The third kappa shape index (κ3) is 4.38. The molecule has 0 fully saturated rings. The second kappa shape index (κ2) is 3.97. The highest BCUT2D eigenvalue weighted by molar-refractivity contribution is 9.10. The van der Waals surface area contributed by atoms with Gasteiger partial charge < -0.3 is 0 Å². The van der Waals surface area contributed by atoms with Crippen LogP contribution in [0.2, 0.25) is 0 Å². The predicted octanol–water partition coefficient (Wildman–Crippen LogP) is 3.58. The van der Waals surface area contributed by atoms with E-state index >= 15 is 0 Å². The van der Waals surface area contributed by atoms with Crippen LogP contribution >= 0.6 is 31.9 Å². The van der Waals surface area contributed by atoms with Gasteiger partial charge in [0, 0.05) is 10.2 Å². The lowest BCUT2D eigenvalue weighted by molar-refractivity contribution is 0.395. The standard InChI is InChI=1S/C7H14Br2/c1-7(2,3)6(9)4-5-8/h6H,4-5H2,1-3H3/t6-/m1/s1. The van der Waals surface area contributed by atoms with Gasteiger partial charge in [-0.2, -0.15) is 0 Å². The van der Waals surface area contributed by atoms with Crippen LogP contribution in [-0.2, 0) is 0 Å². The topological polar surface area (TPSA) is 0 Å². The minimum atomic E-state index is 0.397. The number of rotatable bonds is 2. The van der Waals surface area contributed by atoms with Gasteiger partial charge in [-0.3, -0.25) is 0 Å². The van der Waals surface area contributed by atoms with E-state index in [-0.39, 0.29) is 0 Å². The van der Waals surface area contributed by atoms with Crippen molar-refractivity contribution in [1.29, 1.82) is 0 Å². The van der Waals surface area contributed by atoms with Crippen LogP contribution < -0.4 is 0 Å². The molecule has 0 heterocycles. The number of halogens is 2. The summed E-state index contributed by atoms with van der Waals surface area (Å²) in [7, 11) is 0. The first-order valence-corrected chi connectivity index (χ1v) is 5.22. The fraction of sp³-hybridized carbons (Fsp3) is 1.00. The van der Waals surface area contributed by atoms with Gasteiger partial charge in [0.1, 0.15) is 0 Å².